The number of carbonyl (C=O) groups is 1. The van der Waals surface area contributed by atoms with Crippen LogP contribution in [0.2, 0.25) is 0 Å². The standard InChI is InChI=1S/C12H15FO3/c1-9(7-15-2)16-8-12(14)10-4-3-5-11(13)6-10/h3-6,9H,7-8H2,1-2H3. The molecule has 1 rings (SSSR count). The number of ether oxygens (including phenoxy) is 2. The summed E-state index contributed by atoms with van der Waals surface area (Å²) < 4.78 is 22.9. The summed E-state index contributed by atoms with van der Waals surface area (Å²) in [6, 6.07) is 5.56. The molecule has 0 fully saturated rings. The zero-order valence-corrected chi connectivity index (χ0v) is 9.40. The summed E-state index contributed by atoms with van der Waals surface area (Å²) in [6.45, 7) is 2.17. The second-order valence-corrected chi connectivity index (χ2v) is 3.51. The number of rotatable bonds is 6. The molecule has 88 valence electrons. The van der Waals surface area contributed by atoms with E-state index >= 15 is 0 Å². The fourth-order valence-electron chi connectivity index (χ4n) is 1.25. The highest BCUT2D eigenvalue weighted by Crippen LogP contribution is 2.05. The average Bonchev–Trinajstić information content (AvgIpc) is 2.26. The van der Waals surface area contributed by atoms with E-state index in [1.807, 2.05) is 6.92 Å². The smallest absolute Gasteiger partial charge is 0.188 e. The van der Waals surface area contributed by atoms with Crippen molar-refractivity contribution in [1.29, 1.82) is 0 Å². The Kier molecular flexibility index (Phi) is 5.08. The zero-order chi connectivity index (χ0) is 12.0. The number of benzene rings is 1. The van der Waals surface area contributed by atoms with Gasteiger partial charge in [0.2, 0.25) is 0 Å². The lowest BCUT2D eigenvalue weighted by atomic mass is 10.1. The summed E-state index contributed by atoms with van der Waals surface area (Å²) in [4.78, 5) is 11.6. The van der Waals surface area contributed by atoms with Crippen molar-refractivity contribution < 1.29 is 18.7 Å². The maximum absolute atomic E-state index is 12.8. The largest absolute Gasteiger partial charge is 0.382 e. The molecule has 0 amide bonds. The molecule has 4 heteroatoms. The molecule has 0 aliphatic rings. The van der Waals surface area contributed by atoms with E-state index in [0.29, 0.717) is 12.2 Å². The van der Waals surface area contributed by atoms with Gasteiger partial charge < -0.3 is 9.47 Å². The van der Waals surface area contributed by atoms with Crippen molar-refractivity contribution in [2.24, 2.45) is 0 Å². The molecule has 1 unspecified atom stereocenters. The molecule has 3 nitrogen and oxygen atoms in total. The van der Waals surface area contributed by atoms with Crippen LogP contribution < -0.4 is 0 Å². The number of ketones is 1. The normalized spacial score (nSPS) is 12.4. The third-order valence-electron chi connectivity index (χ3n) is 2.05. The number of carbonyl (C=O) groups excluding carboxylic acids is 1. The predicted molar refractivity (Wildman–Crippen MR) is 58.0 cm³/mol. The first-order chi connectivity index (χ1) is 7.63. The van der Waals surface area contributed by atoms with Gasteiger partial charge in [0.25, 0.3) is 0 Å². The Balaban J connectivity index is 2.47. The van der Waals surface area contributed by atoms with Crippen LogP contribution in [0.25, 0.3) is 0 Å². The van der Waals surface area contributed by atoms with E-state index in [4.69, 9.17) is 9.47 Å². The summed E-state index contributed by atoms with van der Waals surface area (Å²) in [5, 5.41) is 0. The highest BCUT2D eigenvalue weighted by atomic mass is 19.1. The van der Waals surface area contributed by atoms with E-state index in [1.165, 1.54) is 18.2 Å². The van der Waals surface area contributed by atoms with E-state index in [-0.39, 0.29) is 18.5 Å². The fourth-order valence-corrected chi connectivity index (χ4v) is 1.25. The Morgan fingerprint density at radius 2 is 2.25 bits per heavy atom. The Morgan fingerprint density at radius 3 is 2.88 bits per heavy atom. The molecule has 0 N–H and O–H groups in total. The van der Waals surface area contributed by atoms with Gasteiger partial charge in [-0.1, -0.05) is 12.1 Å². The highest BCUT2D eigenvalue weighted by molar-refractivity contribution is 5.97. The van der Waals surface area contributed by atoms with Crippen LogP contribution in [0, 0.1) is 5.82 Å². The number of methoxy groups -OCH3 is 1. The van der Waals surface area contributed by atoms with Gasteiger partial charge in [-0.3, -0.25) is 4.79 Å². The van der Waals surface area contributed by atoms with Crippen LogP contribution in [0.4, 0.5) is 4.39 Å². The van der Waals surface area contributed by atoms with E-state index in [0.717, 1.165) is 0 Å². The van der Waals surface area contributed by atoms with Gasteiger partial charge in [-0.15, -0.1) is 0 Å². The van der Waals surface area contributed by atoms with Gasteiger partial charge in [0.15, 0.2) is 5.78 Å². The lowest BCUT2D eigenvalue weighted by molar-refractivity contribution is 0.0125. The summed E-state index contributed by atoms with van der Waals surface area (Å²) in [5.74, 6) is -0.654. The molecule has 0 bridgehead atoms. The Hall–Kier alpha value is -1.26. The molecule has 0 aliphatic carbocycles. The van der Waals surface area contributed by atoms with Gasteiger partial charge in [0.05, 0.1) is 12.7 Å². The monoisotopic (exact) mass is 226 g/mol. The first-order valence-electron chi connectivity index (χ1n) is 5.02. The molecule has 0 heterocycles. The van der Waals surface area contributed by atoms with Gasteiger partial charge in [0, 0.05) is 12.7 Å². The molecule has 0 saturated carbocycles. The quantitative estimate of drug-likeness (QED) is 0.696. The maximum atomic E-state index is 12.8. The number of hydrogen-bond acceptors (Lipinski definition) is 3. The molecular weight excluding hydrogens is 211 g/mol. The summed E-state index contributed by atoms with van der Waals surface area (Å²) >= 11 is 0. The van der Waals surface area contributed by atoms with Crippen LogP contribution in [0.3, 0.4) is 0 Å². The van der Waals surface area contributed by atoms with Crippen molar-refractivity contribution in [2.75, 3.05) is 20.3 Å². The minimum absolute atomic E-state index is 0.0615. The molecule has 0 radical (unpaired) electrons. The Labute approximate surface area is 94.2 Å². The second-order valence-electron chi connectivity index (χ2n) is 3.51. The number of halogens is 1. The molecule has 1 aromatic rings. The maximum Gasteiger partial charge on any atom is 0.188 e. The van der Waals surface area contributed by atoms with Crippen LogP contribution in [-0.4, -0.2) is 32.2 Å². The van der Waals surface area contributed by atoms with Crippen LogP contribution >= 0.6 is 0 Å². The van der Waals surface area contributed by atoms with Gasteiger partial charge in [0.1, 0.15) is 12.4 Å². The fraction of sp³-hybridized carbons (Fsp3) is 0.417. The van der Waals surface area contributed by atoms with E-state index in [9.17, 15) is 9.18 Å². The average molecular weight is 226 g/mol. The zero-order valence-electron chi connectivity index (χ0n) is 9.40. The molecule has 1 aromatic carbocycles. The molecular formula is C12H15FO3. The molecule has 0 aromatic heterocycles. The minimum atomic E-state index is -0.421. The highest BCUT2D eigenvalue weighted by Gasteiger charge is 2.09. The summed E-state index contributed by atoms with van der Waals surface area (Å²) in [6.07, 6.45) is -0.150. The van der Waals surface area contributed by atoms with Crippen molar-refractivity contribution >= 4 is 5.78 Å². The third kappa shape index (κ3) is 4.08. The van der Waals surface area contributed by atoms with Crippen molar-refractivity contribution in [3.05, 3.63) is 35.6 Å². The third-order valence-corrected chi connectivity index (χ3v) is 2.05. The Bertz CT molecular complexity index is 352. The van der Waals surface area contributed by atoms with E-state index in [2.05, 4.69) is 0 Å². The Morgan fingerprint density at radius 1 is 1.50 bits per heavy atom. The molecule has 0 aliphatic heterocycles. The number of Topliss-reactive ketones (excluding diaryl/α,β-unsaturated/α-hetero) is 1. The first kappa shape index (κ1) is 12.8. The van der Waals surface area contributed by atoms with Crippen LogP contribution in [0.15, 0.2) is 24.3 Å². The van der Waals surface area contributed by atoms with Gasteiger partial charge in [-0.2, -0.15) is 0 Å². The summed E-state index contributed by atoms with van der Waals surface area (Å²) in [7, 11) is 1.56. The lowest BCUT2D eigenvalue weighted by Crippen LogP contribution is -2.19. The van der Waals surface area contributed by atoms with Crippen molar-refractivity contribution in [1.82, 2.24) is 0 Å². The topological polar surface area (TPSA) is 35.5 Å². The SMILES string of the molecule is COCC(C)OCC(=O)c1cccc(F)c1. The van der Waals surface area contributed by atoms with Gasteiger partial charge in [-0.25, -0.2) is 4.39 Å². The first-order valence-corrected chi connectivity index (χ1v) is 5.02. The molecule has 1 atom stereocenters. The number of hydrogen-bond donors (Lipinski definition) is 0. The van der Waals surface area contributed by atoms with Crippen molar-refractivity contribution in [2.45, 2.75) is 13.0 Å². The summed E-state index contributed by atoms with van der Waals surface area (Å²) in [5.41, 5.74) is 0.324. The van der Waals surface area contributed by atoms with Crippen molar-refractivity contribution in [3.8, 4) is 0 Å². The van der Waals surface area contributed by atoms with Crippen LogP contribution in [0.1, 0.15) is 17.3 Å². The molecule has 0 spiro atoms. The van der Waals surface area contributed by atoms with E-state index < -0.39 is 5.82 Å². The predicted octanol–water partition coefficient (Wildman–Crippen LogP) is 2.06. The second kappa shape index (κ2) is 6.35. The molecule has 0 saturated heterocycles. The lowest BCUT2D eigenvalue weighted by Gasteiger charge is -2.10. The van der Waals surface area contributed by atoms with Crippen LogP contribution in [0.5, 0.6) is 0 Å². The molecule has 16 heavy (non-hydrogen) atoms. The van der Waals surface area contributed by atoms with E-state index in [1.54, 1.807) is 13.2 Å². The van der Waals surface area contributed by atoms with Crippen LogP contribution in [-0.2, 0) is 9.47 Å². The van der Waals surface area contributed by atoms with Gasteiger partial charge in [-0.05, 0) is 19.1 Å². The van der Waals surface area contributed by atoms with Crippen molar-refractivity contribution in [3.63, 3.8) is 0 Å². The van der Waals surface area contributed by atoms with Gasteiger partial charge >= 0.3 is 0 Å². The minimum Gasteiger partial charge on any atom is -0.382 e.